The third-order valence-electron chi connectivity index (χ3n) is 4.93. The van der Waals surface area contributed by atoms with Gasteiger partial charge in [0.2, 0.25) is 5.91 Å². The van der Waals surface area contributed by atoms with E-state index in [1.54, 1.807) is 26.4 Å². The normalized spacial score (nSPS) is 13.7. The molecule has 0 fully saturated rings. The fraction of sp³-hybridized carbons (Fsp3) is 0.364. The molecule has 2 aromatic rings. The first kappa shape index (κ1) is 19.0. The number of nitrogens with one attached hydrogen (secondary N) is 1. The van der Waals surface area contributed by atoms with Crippen LogP contribution >= 0.6 is 0 Å². The Hall–Kier alpha value is -2.82. The molecule has 0 bridgehead atoms. The van der Waals surface area contributed by atoms with Gasteiger partial charge in [-0.2, -0.15) is 5.10 Å². The van der Waals surface area contributed by atoms with Crippen LogP contribution in [0.15, 0.2) is 41.5 Å². The van der Waals surface area contributed by atoms with Crippen molar-refractivity contribution in [1.82, 2.24) is 5.43 Å². The lowest BCUT2D eigenvalue weighted by Gasteiger charge is -2.16. The molecule has 5 heteroatoms. The highest BCUT2D eigenvalue weighted by Gasteiger charge is 2.11. The number of carbonyl (C=O) groups is 1. The Morgan fingerprint density at radius 2 is 1.74 bits per heavy atom. The molecule has 0 heterocycles. The van der Waals surface area contributed by atoms with Crippen LogP contribution in [0.3, 0.4) is 0 Å². The summed E-state index contributed by atoms with van der Waals surface area (Å²) < 4.78 is 10.5. The van der Waals surface area contributed by atoms with Crippen molar-refractivity contribution in [2.75, 3.05) is 14.2 Å². The average Bonchev–Trinajstić information content (AvgIpc) is 2.71. The van der Waals surface area contributed by atoms with Crippen LogP contribution in [-0.4, -0.2) is 25.8 Å². The van der Waals surface area contributed by atoms with Crippen molar-refractivity contribution < 1.29 is 14.3 Å². The topological polar surface area (TPSA) is 59.9 Å². The number of fused-ring (bicyclic) bond motifs is 1. The van der Waals surface area contributed by atoms with Gasteiger partial charge in [0.15, 0.2) is 11.5 Å². The molecule has 3 rings (SSSR count). The molecule has 0 saturated heterocycles. The van der Waals surface area contributed by atoms with E-state index < -0.39 is 0 Å². The Morgan fingerprint density at radius 1 is 1.00 bits per heavy atom. The Balaban J connectivity index is 1.64. The Labute approximate surface area is 160 Å². The third-order valence-corrected chi connectivity index (χ3v) is 4.93. The summed E-state index contributed by atoms with van der Waals surface area (Å²) in [7, 11) is 3.16. The average molecular weight is 366 g/mol. The van der Waals surface area contributed by atoms with E-state index in [1.807, 2.05) is 13.0 Å². The number of nitrogens with zero attached hydrogens (tertiary/aromatic N) is 1. The first-order valence-electron chi connectivity index (χ1n) is 9.27. The van der Waals surface area contributed by atoms with Crippen molar-refractivity contribution in [2.24, 2.45) is 5.10 Å². The molecule has 27 heavy (non-hydrogen) atoms. The minimum atomic E-state index is -0.167. The molecule has 1 amide bonds. The van der Waals surface area contributed by atoms with Gasteiger partial charge in [-0.3, -0.25) is 4.79 Å². The molecule has 0 aliphatic heterocycles. The second kappa shape index (κ2) is 8.71. The lowest BCUT2D eigenvalue weighted by Crippen LogP contribution is -2.21. The summed E-state index contributed by atoms with van der Waals surface area (Å²) in [6, 6.07) is 11.9. The molecule has 1 aliphatic carbocycles. The lowest BCUT2D eigenvalue weighted by atomic mass is 9.90. The number of benzene rings is 2. The number of amides is 1. The smallest absolute Gasteiger partial charge is 0.244 e. The monoisotopic (exact) mass is 366 g/mol. The molecular weight excluding hydrogens is 340 g/mol. The molecule has 0 unspecified atom stereocenters. The largest absolute Gasteiger partial charge is 0.493 e. The predicted molar refractivity (Wildman–Crippen MR) is 107 cm³/mol. The van der Waals surface area contributed by atoms with Gasteiger partial charge in [0.1, 0.15) is 0 Å². The van der Waals surface area contributed by atoms with E-state index in [2.05, 4.69) is 28.7 Å². The van der Waals surface area contributed by atoms with Gasteiger partial charge in [-0.05, 0) is 73.1 Å². The van der Waals surface area contributed by atoms with E-state index >= 15 is 0 Å². The predicted octanol–water partition coefficient (Wildman–Crippen LogP) is 3.67. The Morgan fingerprint density at radius 3 is 2.48 bits per heavy atom. The standard InChI is InChI=1S/C22H26N2O3/c1-15(18-10-9-17-6-4-5-7-19(17)14-18)23-24-22(25)13-16-8-11-20(26-2)21(12-16)27-3/h8-12,14H,4-7,13H2,1-3H3,(H,24,25)/b23-15-. The highest BCUT2D eigenvalue weighted by atomic mass is 16.5. The maximum absolute atomic E-state index is 12.2. The van der Waals surface area contributed by atoms with Gasteiger partial charge in [-0.15, -0.1) is 0 Å². The molecule has 0 saturated carbocycles. The summed E-state index contributed by atoms with van der Waals surface area (Å²) >= 11 is 0. The summed E-state index contributed by atoms with van der Waals surface area (Å²) in [4.78, 5) is 12.2. The number of rotatable bonds is 6. The summed E-state index contributed by atoms with van der Waals surface area (Å²) in [5.41, 5.74) is 8.21. The summed E-state index contributed by atoms with van der Waals surface area (Å²) in [5, 5.41) is 4.28. The van der Waals surface area contributed by atoms with Crippen molar-refractivity contribution >= 4 is 11.6 Å². The van der Waals surface area contributed by atoms with Crippen molar-refractivity contribution in [2.45, 2.75) is 39.0 Å². The van der Waals surface area contributed by atoms with Crippen molar-refractivity contribution in [3.8, 4) is 11.5 Å². The molecule has 1 N–H and O–H groups in total. The zero-order chi connectivity index (χ0) is 19.2. The first-order chi connectivity index (χ1) is 13.1. The zero-order valence-corrected chi connectivity index (χ0v) is 16.2. The van der Waals surface area contributed by atoms with Gasteiger partial charge in [0, 0.05) is 0 Å². The van der Waals surface area contributed by atoms with Crippen LogP contribution < -0.4 is 14.9 Å². The number of ether oxygens (including phenoxy) is 2. The van der Waals surface area contributed by atoms with Crippen LogP contribution in [0.1, 0.15) is 42.0 Å². The van der Waals surface area contributed by atoms with E-state index in [0.29, 0.717) is 11.5 Å². The molecule has 0 radical (unpaired) electrons. The van der Waals surface area contributed by atoms with Crippen LogP contribution in [0, 0.1) is 0 Å². The minimum absolute atomic E-state index is 0.167. The first-order valence-corrected chi connectivity index (χ1v) is 9.27. The second-order valence-corrected chi connectivity index (χ2v) is 6.79. The highest BCUT2D eigenvalue weighted by molar-refractivity contribution is 5.99. The zero-order valence-electron chi connectivity index (χ0n) is 16.2. The lowest BCUT2D eigenvalue weighted by molar-refractivity contribution is -0.120. The van der Waals surface area contributed by atoms with Crippen molar-refractivity contribution in [1.29, 1.82) is 0 Å². The Kier molecular flexibility index (Phi) is 6.12. The quantitative estimate of drug-likeness (QED) is 0.627. The number of hydrogen-bond donors (Lipinski definition) is 1. The third kappa shape index (κ3) is 4.67. The molecule has 5 nitrogen and oxygen atoms in total. The Bertz CT molecular complexity index is 859. The molecule has 2 aromatic carbocycles. The van der Waals surface area contributed by atoms with E-state index in [-0.39, 0.29) is 12.3 Å². The van der Waals surface area contributed by atoms with Crippen LogP contribution in [0.25, 0.3) is 0 Å². The van der Waals surface area contributed by atoms with Gasteiger partial charge < -0.3 is 9.47 Å². The maximum Gasteiger partial charge on any atom is 0.244 e. The minimum Gasteiger partial charge on any atom is -0.493 e. The van der Waals surface area contributed by atoms with Crippen LogP contribution in [0.5, 0.6) is 11.5 Å². The number of hydrazone groups is 1. The van der Waals surface area contributed by atoms with Crippen LogP contribution in [0.2, 0.25) is 0 Å². The fourth-order valence-electron chi connectivity index (χ4n) is 3.38. The number of carbonyl (C=O) groups excluding carboxylic acids is 1. The molecular formula is C22H26N2O3. The number of aryl methyl sites for hydroxylation is 2. The van der Waals surface area contributed by atoms with Gasteiger partial charge in [0.25, 0.3) is 0 Å². The summed E-state index contributed by atoms with van der Waals surface area (Å²) in [6.45, 7) is 1.92. The van der Waals surface area contributed by atoms with Crippen LogP contribution in [0.4, 0.5) is 0 Å². The van der Waals surface area contributed by atoms with E-state index in [9.17, 15) is 4.79 Å². The maximum atomic E-state index is 12.2. The summed E-state index contributed by atoms with van der Waals surface area (Å²) in [6.07, 6.45) is 5.03. The van der Waals surface area contributed by atoms with E-state index in [0.717, 1.165) is 29.7 Å². The highest BCUT2D eigenvalue weighted by Crippen LogP contribution is 2.27. The van der Waals surface area contributed by atoms with Gasteiger partial charge in [-0.25, -0.2) is 5.43 Å². The van der Waals surface area contributed by atoms with E-state index in [1.165, 1.54) is 24.0 Å². The number of hydrogen-bond acceptors (Lipinski definition) is 4. The SMILES string of the molecule is COc1ccc(CC(=O)N/N=C(/C)c2ccc3c(c2)CCCC3)cc1OC. The van der Waals surface area contributed by atoms with Gasteiger partial charge >= 0.3 is 0 Å². The second-order valence-electron chi connectivity index (χ2n) is 6.79. The molecule has 0 spiro atoms. The van der Waals surface area contributed by atoms with Crippen molar-refractivity contribution in [3.05, 3.63) is 58.7 Å². The number of methoxy groups -OCH3 is 2. The van der Waals surface area contributed by atoms with Gasteiger partial charge in [-0.1, -0.05) is 18.2 Å². The molecule has 142 valence electrons. The summed E-state index contributed by atoms with van der Waals surface area (Å²) in [5.74, 6) is 1.08. The van der Waals surface area contributed by atoms with Gasteiger partial charge in [0.05, 0.1) is 26.4 Å². The fourth-order valence-corrected chi connectivity index (χ4v) is 3.38. The van der Waals surface area contributed by atoms with Crippen LogP contribution in [-0.2, 0) is 24.1 Å². The van der Waals surface area contributed by atoms with E-state index in [4.69, 9.17) is 9.47 Å². The molecule has 0 aromatic heterocycles. The molecule has 1 aliphatic rings. The molecule has 0 atom stereocenters. The van der Waals surface area contributed by atoms with Crippen molar-refractivity contribution in [3.63, 3.8) is 0 Å².